The quantitative estimate of drug-likeness (QED) is 0.812. The van der Waals surface area contributed by atoms with Crippen molar-refractivity contribution in [2.45, 2.75) is 32.7 Å². The number of hydrogen-bond donors (Lipinski definition) is 0. The van der Waals surface area contributed by atoms with Crippen LogP contribution < -0.4 is 0 Å². The SMILES string of the molecule is Cc1ccc(C(C)N(C)C(=O)C2CCN(C(=O)c3cccs3)CC2)cc1. The van der Waals surface area contributed by atoms with E-state index in [2.05, 4.69) is 38.1 Å². The highest BCUT2D eigenvalue weighted by atomic mass is 32.1. The number of aryl methyl sites for hydroxylation is 1. The number of carbonyl (C=O) groups is 2. The second-order valence-corrected chi connectivity index (χ2v) is 8.03. The number of hydrogen-bond acceptors (Lipinski definition) is 3. The van der Waals surface area contributed by atoms with Gasteiger partial charge < -0.3 is 9.80 Å². The van der Waals surface area contributed by atoms with Crippen molar-refractivity contribution in [1.29, 1.82) is 0 Å². The molecule has 0 spiro atoms. The van der Waals surface area contributed by atoms with Crippen LogP contribution in [0.1, 0.15) is 46.6 Å². The molecule has 4 nitrogen and oxygen atoms in total. The van der Waals surface area contributed by atoms with Crippen molar-refractivity contribution in [3.05, 3.63) is 57.8 Å². The van der Waals surface area contributed by atoms with Gasteiger partial charge in [-0.2, -0.15) is 0 Å². The van der Waals surface area contributed by atoms with Crippen molar-refractivity contribution in [2.24, 2.45) is 5.92 Å². The largest absolute Gasteiger partial charge is 0.339 e. The molecular formula is C21H26N2O2S. The molecule has 0 aliphatic carbocycles. The van der Waals surface area contributed by atoms with Crippen molar-refractivity contribution in [3.63, 3.8) is 0 Å². The zero-order chi connectivity index (χ0) is 18.7. The number of benzene rings is 1. The zero-order valence-electron chi connectivity index (χ0n) is 15.6. The van der Waals surface area contributed by atoms with Crippen molar-refractivity contribution in [3.8, 4) is 0 Å². The topological polar surface area (TPSA) is 40.6 Å². The highest BCUT2D eigenvalue weighted by Crippen LogP contribution is 2.26. The standard InChI is InChI=1S/C21H26N2O2S/c1-15-6-8-17(9-7-15)16(2)22(3)20(24)18-10-12-23(13-11-18)21(25)19-5-4-14-26-19/h4-9,14,16,18H,10-13H2,1-3H3. The van der Waals surface area contributed by atoms with E-state index in [4.69, 9.17) is 0 Å². The number of carbonyl (C=O) groups excluding carboxylic acids is 2. The van der Waals surface area contributed by atoms with Gasteiger partial charge in [0.25, 0.3) is 5.91 Å². The van der Waals surface area contributed by atoms with Gasteiger partial charge in [-0.05, 0) is 43.7 Å². The molecule has 0 N–H and O–H groups in total. The second-order valence-electron chi connectivity index (χ2n) is 7.08. The lowest BCUT2D eigenvalue weighted by atomic mass is 9.94. The van der Waals surface area contributed by atoms with Crippen LogP contribution in [0.25, 0.3) is 0 Å². The smallest absolute Gasteiger partial charge is 0.263 e. The van der Waals surface area contributed by atoms with Crippen LogP contribution in [0.5, 0.6) is 0 Å². The molecule has 5 heteroatoms. The maximum Gasteiger partial charge on any atom is 0.263 e. The molecule has 0 radical (unpaired) electrons. The Morgan fingerprint density at radius 3 is 2.38 bits per heavy atom. The van der Waals surface area contributed by atoms with E-state index in [0.717, 1.165) is 23.3 Å². The van der Waals surface area contributed by atoms with Gasteiger partial charge >= 0.3 is 0 Å². The van der Waals surface area contributed by atoms with Crippen molar-refractivity contribution < 1.29 is 9.59 Å². The number of rotatable bonds is 4. The summed E-state index contributed by atoms with van der Waals surface area (Å²) in [7, 11) is 1.88. The minimum Gasteiger partial charge on any atom is -0.339 e. The molecule has 26 heavy (non-hydrogen) atoms. The molecule has 2 heterocycles. The molecule has 1 aliphatic rings. The molecule has 1 unspecified atom stereocenters. The summed E-state index contributed by atoms with van der Waals surface area (Å²) in [6.45, 7) is 5.44. The maximum absolute atomic E-state index is 12.9. The number of likely N-dealkylation sites (tertiary alicyclic amines) is 1. The second kappa shape index (κ2) is 8.04. The van der Waals surface area contributed by atoms with Crippen molar-refractivity contribution >= 4 is 23.2 Å². The van der Waals surface area contributed by atoms with Crippen LogP contribution >= 0.6 is 11.3 Å². The van der Waals surface area contributed by atoms with Gasteiger partial charge in [-0.15, -0.1) is 11.3 Å². The fourth-order valence-corrected chi connectivity index (χ4v) is 4.12. The van der Waals surface area contributed by atoms with Crippen LogP contribution in [0.2, 0.25) is 0 Å². The molecule has 3 rings (SSSR count). The predicted molar refractivity (Wildman–Crippen MR) is 105 cm³/mol. The Kier molecular flexibility index (Phi) is 5.77. The van der Waals surface area contributed by atoms with E-state index < -0.39 is 0 Å². The van der Waals surface area contributed by atoms with E-state index >= 15 is 0 Å². The molecular weight excluding hydrogens is 344 g/mol. The van der Waals surface area contributed by atoms with Gasteiger partial charge in [-0.1, -0.05) is 35.9 Å². The Labute approximate surface area is 159 Å². The lowest BCUT2D eigenvalue weighted by Crippen LogP contribution is -2.43. The number of amides is 2. The van der Waals surface area contributed by atoms with E-state index in [1.165, 1.54) is 16.9 Å². The summed E-state index contributed by atoms with van der Waals surface area (Å²) in [5.74, 6) is 0.272. The summed E-state index contributed by atoms with van der Waals surface area (Å²) in [6, 6.07) is 12.2. The van der Waals surface area contributed by atoms with Crippen LogP contribution in [0.4, 0.5) is 0 Å². The summed E-state index contributed by atoms with van der Waals surface area (Å²) in [5, 5.41) is 1.92. The molecule has 1 aliphatic heterocycles. The lowest BCUT2D eigenvalue weighted by Gasteiger charge is -2.35. The molecule has 0 bridgehead atoms. The number of thiophene rings is 1. The van der Waals surface area contributed by atoms with Gasteiger partial charge in [0.05, 0.1) is 10.9 Å². The van der Waals surface area contributed by atoms with E-state index in [0.29, 0.717) is 13.1 Å². The summed E-state index contributed by atoms with van der Waals surface area (Å²) in [5.41, 5.74) is 2.37. The third-order valence-electron chi connectivity index (χ3n) is 5.35. The lowest BCUT2D eigenvalue weighted by molar-refractivity contribution is -0.137. The fraction of sp³-hybridized carbons (Fsp3) is 0.429. The molecule has 1 fully saturated rings. The van der Waals surface area contributed by atoms with Crippen molar-refractivity contribution in [2.75, 3.05) is 20.1 Å². The van der Waals surface area contributed by atoms with Gasteiger partial charge in [0.2, 0.25) is 5.91 Å². The first kappa shape index (κ1) is 18.6. The Hall–Kier alpha value is -2.14. The van der Waals surface area contributed by atoms with Gasteiger partial charge in [-0.25, -0.2) is 0 Å². The van der Waals surface area contributed by atoms with Gasteiger partial charge in [0.15, 0.2) is 0 Å². The summed E-state index contributed by atoms with van der Waals surface area (Å²) in [6.07, 6.45) is 1.47. The highest BCUT2D eigenvalue weighted by Gasteiger charge is 2.31. The Balaban J connectivity index is 1.57. The Bertz CT molecular complexity index is 747. The summed E-state index contributed by atoms with van der Waals surface area (Å²) >= 11 is 1.47. The maximum atomic E-state index is 12.9. The van der Waals surface area contributed by atoms with E-state index in [1.54, 1.807) is 0 Å². The average molecular weight is 371 g/mol. The zero-order valence-corrected chi connectivity index (χ0v) is 16.5. The minimum absolute atomic E-state index is 0.000263. The number of nitrogens with zero attached hydrogens (tertiary/aromatic N) is 2. The Morgan fingerprint density at radius 1 is 1.15 bits per heavy atom. The molecule has 2 aromatic rings. The van der Waals surface area contributed by atoms with E-state index in [9.17, 15) is 9.59 Å². The molecule has 1 aromatic carbocycles. The van der Waals surface area contributed by atoms with Crippen LogP contribution in [0.3, 0.4) is 0 Å². The van der Waals surface area contributed by atoms with Crippen LogP contribution in [-0.2, 0) is 4.79 Å². The molecule has 1 aromatic heterocycles. The first-order valence-corrected chi connectivity index (χ1v) is 10.0. The fourth-order valence-electron chi connectivity index (χ4n) is 3.43. The summed E-state index contributed by atoms with van der Waals surface area (Å²) in [4.78, 5) is 29.8. The van der Waals surface area contributed by atoms with E-state index in [-0.39, 0.29) is 23.8 Å². The monoisotopic (exact) mass is 370 g/mol. The molecule has 0 saturated carbocycles. The minimum atomic E-state index is 0.000263. The van der Waals surface area contributed by atoms with Crippen LogP contribution in [-0.4, -0.2) is 41.8 Å². The highest BCUT2D eigenvalue weighted by molar-refractivity contribution is 7.12. The average Bonchev–Trinajstić information content (AvgIpc) is 3.21. The Morgan fingerprint density at radius 2 is 1.81 bits per heavy atom. The van der Waals surface area contributed by atoms with Gasteiger partial charge in [-0.3, -0.25) is 9.59 Å². The molecule has 2 amide bonds. The van der Waals surface area contributed by atoms with Crippen LogP contribution in [0.15, 0.2) is 41.8 Å². The third kappa shape index (κ3) is 3.98. The molecule has 138 valence electrons. The third-order valence-corrected chi connectivity index (χ3v) is 6.21. The predicted octanol–water partition coefficient (Wildman–Crippen LogP) is 4.13. The van der Waals surface area contributed by atoms with Gasteiger partial charge in [0, 0.05) is 26.1 Å². The van der Waals surface area contributed by atoms with Crippen LogP contribution in [0, 0.1) is 12.8 Å². The first-order valence-electron chi connectivity index (χ1n) is 9.13. The first-order chi connectivity index (χ1) is 12.5. The van der Waals surface area contributed by atoms with E-state index in [1.807, 2.05) is 34.4 Å². The molecule has 1 atom stereocenters. The normalized spacial score (nSPS) is 16.3. The molecule has 1 saturated heterocycles. The number of piperidine rings is 1. The van der Waals surface area contributed by atoms with Crippen molar-refractivity contribution in [1.82, 2.24) is 9.80 Å². The van der Waals surface area contributed by atoms with Gasteiger partial charge in [0.1, 0.15) is 0 Å². The summed E-state index contributed by atoms with van der Waals surface area (Å²) < 4.78 is 0.